The van der Waals surface area contributed by atoms with Gasteiger partial charge in [0.1, 0.15) is 11.9 Å². The van der Waals surface area contributed by atoms with Crippen molar-refractivity contribution in [3.63, 3.8) is 0 Å². The van der Waals surface area contributed by atoms with Gasteiger partial charge in [-0.25, -0.2) is 9.78 Å². The van der Waals surface area contributed by atoms with Gasteiger partial charge in [-0.1, -0.05) is 48.0 Å². The van der Waals surface area contributed by atoms with E-state index in [0.717, 1.165) is 32.3 Å². The van der Waals surface area contributed by atoms with Crippen LogP contribution in [0.2, 0.25) is 0 Å². The molecule has 184 valence electrons. The van der Waals surface area contributed by atoms with Crippen molar-refractivity contribution in [1.29, 1.82) is 0 Å². The number of amides is 2. The molecule has 8 nitrogen and oxygen atoms in total. The smallest absolute Gasteiger partial charge is 0.407 e. The summed E-state index contributed by atoms with van der Waals surface area (Å²) < 4.78 is 5.78. The topological polar surface area (TPSA) is 99.7 Å². The molecule has 2 amide bonds. The summed E-state index contributed by atoms with van der Waals surface area (Å²) in [4.78, 5) is 39.6. The Balaban J connectivity index is 1.63. The molecule has 1 saturated heterocycles. The number of alkyl carbamates (subject to hydrolysis) is 1. The Morgan fingerprint density at radius 2 is 2.00 bits per heavy atom. The molecule has 0 aliphatic carbocycles. The number of benzene rings is 2. The number of methoxy groups -OCH3 is 1. The van der Waals surface area contributed by atoms with Crippen molar-refractivity contribution in [2.75, 3.05) is 20.7 Å². The number of fused-ring (bicyclic) bond motifs is 1. The molecule has 0 bridgehead atoms. The molecule has 2 heterocycles. The molecule has 9 heteroatoms. The van der Waals surface area contributed by atoms with E-state index in [4.69, 9.17) is 4.74 Å². The first-order valence-electron chi connectivity index (χ1n) is 11.6. The van der Waals surface area contributed by atoms with Crippen LogP contribution in [0.3, 0.4) is 0 Å². The van der Waals surface area contributed by atoms with E-state index in [0.29, 0.717) is 13.0 Å². The van der Waals surface area contributed by atoms with Gasteiger partial charge in [0.05, 0.1) is 25.0 Å². The minimum Gasteiger partial charge on any atom is -0.453 e. The number of likely N-dealkylation sites (tertiary alicyclic amines) is 1. The zero-order valence-electron chi connectivity index (χ0n) is 20.3. The van der Waals surface area contributed by atoms with Crippen LogP contribution in [-0.4, -0.2) is 59.8 Å². The zero-order valence-corrected chi connectivity index (χ0v) is 21.9. The molecule has 35 heavy (non-hydrogen) atoms. The van der Waals surface area contributed by atoms with Gasteiger partial charge in [0, 0.05) is 35.8 Å². The summed E-state index contributed by atoms with van der Waals surface area (Å²) in [6, 6.07) is 11.5. The molecule has 3 unspecified atom stereocenters. The first-order chi connectivity index (χ1) is 16.8. The van der Waals surface area contributed by atoms with E-state index in [1.165, 1.54) is 7.11 Å². The molecule has 0 spiro atoms. The summed E-state index contributed by atoms with van der Waals surface area (Å²) in [5, 5.41) is 4.97. The number of hydrogen-bond donors (Lipinski definition) is 2. The van der Waals surface area contributed by atoms with Crippen LogP contribution < -0.4 is 5.32 Å². The third-order valence-corrected chi connectivity index (χ3v) is 6.89. The van der Waals surface area contributed by atoms with Crippen molar-refractivity contribution in [2.45, 2.75) is 32.4 Å². The van der Waals surface area contributed by atoms with Gasteiger partial charge in [0.15, 0.2) is 0 Å². The number of ether oxygens (including phenoxy) is 1. The highest BCUT2D eigenvalue weighted by Gasteiger charge is 2.41. The van der Waals surface area contributed by atoms with Crippen LogP contribution in [0.5, 0.6) is 0 Å². The maximum atomic E-state index is 13.6. The second-order valence-corrected chi connectivity index (χ2v) is 10.1. The number of halogens is 1. The lowest BCUT2D eigenvalue weighted by Crippen LogP contribution is -2.51. The minimum absolute atomic E-state index is 0.104. The number of nitrogens with zero attached hydrogens (tertiary/aromatic N) is 3. The predicted molar refractivity (Wildman–Crippen MR) is 140 cm³/mol. The number of H-pyrrole nitrogens is 1. The van der Waals surface area contributed by atoms with Gasteiger partial charge in [-0.15, -0.1) is 0 Å². The normalized spacial score (nSPS) is 19.0. The Morgan fingerprint density at radius 3 is 2.71 bits per heavy atom. The standard InChI is InChI=1S/C26H30BrN5O3/c1-15(2)23(31-26(34)35-4)25(33)32-14-16(12-28-3)9-22(32)24-29-13-21(30-24)19-6-5-18-11-20(27)8-7-17(18)10-19/h5-8,10-13,15-16,22-23H,9,14H2,1-4H3,(H,29,30)(H,31,34). The van der Waals surface area contributed by atoms with Crippen LogP contribution in [0.15, 0.2) is 52.1 Å². The molecular weight excluding hydrogens is 510 g/mol. The lowest BCUT2D eigenvalue weighted by atomic mass is 10.0. The van der Waals surface area contributed by atoms with E-state index < -0.39 is 12.1 Å². The lowest BCUT2D eigenvalue weighted by molar-refractivity contribution is -0.135. The van der Waals surface area contributed by atoms with E-state index in [1.807, 2.05) is 32.3 Å². The average molecular weight is 540 g/mol. The zero-order chi connectivity index (χ0) is 25.1. The van der Waals surface area contributed by atoms with Crippen LogP contribution in [0, 0.1) is 11.8 Å². The molecule has 4 rings (SSSR count). The summed E-state index contributed by atoms with van der Waals surface area (Å²) >= 11 is 3.52. The SMILES string of the molecule is CN=CC1CC(c2ncc(-c3ccc4cc(Br)ccc4c3)[nH]2)N(C(=O)C(NC(=O)OC)C(C)C)C1. The number of rotatable bonds is 6. The van der Waals surface area contributed by atoms with Gasteiger partial charge >= 0.3 is 6.09 Å². The second kappa shape index (κ2) is 10.6. The Labute approximate surface area is 213 Å². The Morgan fingerprint density at radius 1 is 1.26 bits per heavy atom. The van der Waals surface area contributed by atoms with Crippen LogP contribution in [0.1, 0.15) is 32.1 Å². The van der Waals surface area contributed by atoms with Crippen molar-refractivity contribution in [3.05, 3.63) is 52.9 Å². The number of aliphatic imine (C=N–C) groups is 1. The fraction of sp³-hybridized carbons (Fsp3) is 0.385. The number of nitrogens with one attached hydrogen (secondary N) is 2. The summed E-state index contributed by atoms with van der Waals surface area (Å²) in [6.45, 7) is 4.31. The van der Waals surface area contributed by atoms with Gasteiger partial charge < -0.3 is 24.9 Å². The average Bonchev–Trinajstić information content (AvgIpc) is 3.49. The molecule has 1 aliphatic heterocycles. The molecule has 3 atom stereocenters. The number of aromatic nitrogens is 2. The van der Waals surface area contributed by atoms with Crippen LogP contribution in [0.25, 0.3) is 22.0 Å². The predicted octanol–water partition coefficient (Wildman–Crippen LogP) is 4.96. The van der Waals surface area contributed by atoms with E-state index in [2.05, 4.69) is 66.5 Å². The van der Waals surface area contributed by atoms with Crippen molar-refractivity contribution in [2.24, 2.45) is 16.8 Å². The quantitative estimate of drug-likeness (QED) is 0.432. The Kier molecular flexibility index (Phi) is 7.54. The molecule has 1 aromatic heterocycles. The van der Waals surface area contributed by atoms with Crippen LogP contribution in [-0.2, 0) is 9.53 Å². The van der Waals surface area contributed by atoms with Gasteiger partial charge in [0.2, 0.25) is 5.91 Å². The van der Waals surface area contributed by atoms with E-state index in [9.17, 15) is 9.59 Å². The van der Waals surface area contributed by atoms with E-state index in [1.54, 1.807) is 11.9 Å². The summed E-state index contributed by atoms with van der Waals surface area (Å²) in [5.41, 5.74) is 1.91. The highest BCUT2D eigenvalue weighted by Crippen LogP contribution is 2.36. The van der Waals surface area contributed by atoms with Crippen LogP contribution in [0.4, 0.5) is 4.79 Å². The number of imidazole rings is 1. The second-order valence-electron chi connectivity index (χ2n) is 9.16. The highest BCUT2D eigenvalue weighted by molar-refractivity contribution is 9.10. The molecule has 0 saturated carbocycles. The van der Waals surface area contributed by atoms with Crippen molar-refractivity contribution >= 4 is 44.9 Å². The fourth-order valence-corrected chi connectivity index (χ4v) is 4.98. The number of hydrogen-bond acceptors (Lipinski definition) is 5. The van der Waals surface area contributed by atoms with Gasteiger partial charge in [-0.05, 0) is 41.3 Å². The molecule has 1 aliphatic rings. The first-order valence-corrected chi connectivity index (χ1v) is 12.4. The largest absolute Gasteiger partial charge is 0.453 e. The van der Waals surface area contributed by atoms with Crippen molar-refractivity contribution in [3.8, 4) is 11.3 Å². The molecule has 0 radical (unpaired) electrons. The molecule has 3 aromatic rings. The molecular formula is C26H30BrN5O3. The Hall–Kier alpha value is -3.20. The third kappa shape index (κ3) is 5.40. The van der Waals surface area contributed by atoms with Gasteiger partial charge in [-0.2, -0.15) is 0 Å². The van der Waals surface area contributed by atoms with E-state index >= 15 is 0 Å². The van der Waals surface area contributed by atoms with E-state index in [-0.39, 0.29) is 23.8 Å². The number of carbonyl (C=O) groups excluding carboxylic acids is 2. The number of carbonyl (C=O) groups is 2. The first kappa shape index (κ1) is 24.9. The summed E-state index contributed by atoms with van der Waals surface area (Å²) in [6.07, 6.45) is 3.77. The molecule has 2 aromatic carbocycles. The van der Waals surface area contributed by atoms with Crippen LogP contribution >= 0.6 is 15.9 Å². The monoisotopic (exact) mass is 539 g/mol. The lowest BCUT2D eigenvalue weighted by Gasteiger charge is -2.30. The minimum atomic E-state index is -0.698. The van der Waals surface area contributed by atoms with Gasteiger partial charge in [-0.3, -0.25) is 4.79 Å². The Bertz CT molecular complexity index is 1250. The highest BCUT2D eigenvalue weighted by atomic mass is 79.9. The third-order valence-electron chi connectivity index (χ3n) is 6.39. The van der Waals surface area contributed by atoms with Crippen molar-refractivity contribution < 1.29 is 14.3 Å². The van der Waals surface area contributed by atoms with Gasteiger partial charge in [0.25, 0.3) is 0 Å². The fourth-order valence-electron chi connectivity index (χ4n) is 4.60. The summed E-state index contributed by atoms with van der Waals surface area (Å²) in [7, 11) is 3.03. The van der Waals surface area contributed by atoms with Crippen molar-refractivity contribution in [1.82, 2.24) is 20.2 Å². The number of aromatic amines is 1. The maximum absolute atomic E-state index is 13.6. The summed E-state index contributed by atoms with van der Waals surface area (Å²) in [5.74, 6) is 0.562. The maximum Gasteiger partial charge on any atom is 0.407 e. The molecule has 1 fully saturated rings. The molecule has 2 N–H and O–H groups in total.